The Balaban J connectivity index is 2.82. The molecule has 6 heteroatoms. The van der Waals surface area contributed by atoms with Crippen LogP contribution in [0.1, 0.15) is 32.5 Å². The molecule has 3 N–H and O–H groups in total. The number of hydrogen-bond donors (Lipinski definition) is 2. The Morgan fingerprint density at radius 2 is 2.31 bits per heavy atom. The SMILES string of the molecule is CNC(C)(Cn1cnc(C(C)C)n1)C(N)=O. The predicted molar refractivity (Wildman–Crippen MR) is 60.8 cm³/mol. The molecule has 6 nitrogen and oxygen atoms in total. The first-order chi connectivity index (χ1) is 7.39. The van der Waals surface area contributed by atoms with E-state index in [4.69, 9.17) is 5.73 Å². The fourth-order valence-electron chi connectivity index (χ4n) is 1.25. The normalized spacial score (nSPS) is 15.1. The van der Waals surface area contributed by atoms with Crippen molar-refractivity contribution < 1.29 is 4.79 Å². The molecule has 16 heavy (non-hydrogen) atoms. The van der Waals surface area contributed by atoms with Crippen LogP contribution in [0.3, 0.4) is 0 Å². The van der Waals surface area contributed by atoms with Crippen molar-refractivity contribution in [2.45, 2.75) is 38.8 Å². The third-order valence-corrected chi connectivity index (χ3v) is 2.64. The van der Waals surface area contributed by atoms with E-state index in [0.717, 1.165) is 5.82 Å². The van der Waals surface area contributed by atoms with Gasteiger partial charge in [-0.2, -0.15) is 5.10 Å². The second kappa shape index (κ2) is 4.61. The molecule has 0 saturated heterocycles. The van der Waals surface area contributed by atoms with Gasteiger partial charge in [-0.3, -0.25) is 9.48 Å². The van der Waals surface area contributed by atoms with E-state index < -0.39 is 11.4 Å². The molecule has 0 aliphatic heterocycles. The maximum absolute atomic E-state index is 11.3. The van der Waals surface area contributed by atoms with Gasteiger partial charge in [0.15, 0.2) is 5.82 Å². The zero-order chi connectivity index (χ0) is 12.3. The summed E-state index contributed by atoms with van der Waals surface area (Å²) in [5, 5.41) is 7.18. The van der Waals surface area contributed by atoms with Crippen molar-refractivity contribution in [3.63, 3.8) is 0 Å². The minimum absolute atomic E-state index is 0.274. The van der Waals surface area contributed by atoms with E-state index in [9.17, 15) is 4.79 Å². The molecule has 1 atom stereocenters. The minimum Gasteiger partial charge on any atom is -0.368 e. The van der Waals surface area contributed by atoms with E-state index in [1.807, 2.05) is 13.8 Å². The van der Waals surface area contributed by atoms with Crippen molar-refractivity contribution >= 4 is 5.91 Å². The number of nitrogens with two attached hydrogens (primary N) is 1. The number of nitrogens with zero attached hydrogens (tertiary/aromatic N) is 3. The number of primary amides is 1. The molecule has 90 valence electrons. The highest BCUT2D eigenvalue weighted by atomic mass is 16.1. The molecule has 1 rings (SSSR count). The molecule has 1 amide bonds. The van der Waals surface area contributed by atoms with Crippen molar-refractivity contribution in [3.05, 3.63) is 12.2 Å². The maximum Gasteiger partial charge on any atom is 0.239 e. The van der Waals surface area contributed by atoms with E-state index in [2.05, 4.69) is 15.4 Å². The van der Waals surface area contributed by atoms with Gasteiger partial charge < -0.3 is 11.1 Å². The third kappa shape index (κ3) is 2.57. The molecule has 1 unspecified atom stereocenters. The van der Waals surface area contributed by atoms with Crippen molar-refractivity contribution in [1.29, 1.82) is 0 Å². The summed E-state index contributed by atoms with van der Waals surface area (Å²) in [6, 6.07) is 0. The second-order valence-corrected chi connectivity index (χ2v) is 4.40. The summed E-state index contributed by atoms with van der Waals surface area (Å²) in [7, 11) is 1.70. The van der Waals surface area contributed by atoms with Gasteiger partial charge in [0.05, 0.1) is 6.54 Å². The maximum atomic E-state index is 11.3. The van der Waals surface area contributed by atoms with Gasteiger partial charge in [-0.25, -0.2) is 4.98 Å². The monoisotopic (exact) mass is 225 g/mol. The quantitative estimate of drug-likeness (QED) is 0.730. The Labute approximate surface area is 95.2 Å². The third-order valence-electron chi connectivity index (χ3n) is 2.64. The summed E-state index contributed by atoms with van der Waals surface area (Å²) in [4.78, 5) is 15.5. The topological polar surface area (TPSA) is 85.8 Å². The van der Waals surface area contributed by atoms with Crippen LogP contribution in [0.25, 0.3) is 0 Å². The van der Waals surface area contributed by atoms with Crippen LogP contribution < -0.4 is 11.1 Å². The lowest BCUT2D eigenvalue weighted by Gasteiger charge is -2.24. The summed E-state index contributed by atoms with van der Waals surface area (Å²) >= 11 is 0. The number of amides is 1. The molecule has 0 aliphatic rings. The first kappa shape index (κ1) is 12.6. The lowest BCUT2D eigenvalue weighted by atomic mass is 10.0. The number of rotatable bonds is 5. The average Bonchev–Trinajstić information content (AvgIpc) is 2.65. The van der Waals surface area contributed by atoms with Gasteiger partial charge in [-0.05, 0) is 14.0 Å². The Morgan fingerprint density at radius 1 is 1.69 bits per heavy atom. The molecule has 0 fully saturated rings. The van der Waals surface area contributed by atoms with E-state index in [0.29, 0.717) is 6.54 Å². The van der Waals surface area contributed by atoms with Crippen LogP contribution in [0.15, 0.2) is 6.33 Å². The van der Waals surface area contributed by atoms with Crippen LogP contribution in [-0.2, 0) is 11.3 Å². The first-order valence-electron chi connectivity index (χ1n) is 5.27. The van der Waals surface area contributed by atoms with Gasteiger partial charge in [-0.15, -0.1) is 0 Å². The van der Waals surface area contributed by atoms with E-state index in [1.54, 1.807) is 25.0 Å². The summed E-state index contributed by atoms with van der Waals surface area (Å²) in [5.41, 5.74) is 4.53. The van der Waals surface area contributed by atoms with Gasteiger partial charge in [0.1, 0.15) is 11.9 Å². The van der Waals surface area contributed by atoms with E-state index >= 15 is 0 Å². The highest BCUT2D eigenvalue weighted by Crippen LogP contribution is 2.10. The number of carbonyl (C=O) groups excluding carboxylic acids is 1. The molecular formula is C10H19N5O. The Bertz CT molecular complexity index is 373. The van der Waals surface area contributed by atoms with Gasteiger partial charge in [0.25, 0.3) is 0 Å². The summed E-state index contributed by atoms with van der Waals surface area (Å²) < 4.78 is 1.64. The molecule has 1 aromatic heterocycles. The molecule has 0 saturated carbocycles. The van der Waals surface area contributed by atoms with E-state index in [-0.39, 0.29) is 5.92 Å². The molecule has 1 heterocycles. The predicted octanol–water partition coefficient (Wildman–Crippen LogP) is -0.135. The van der Waals surface area contributed by atoms with Crippen LogP contribution in [0.4, 0.5) is 0 Å². The highest BCUT2D eigenvalue weighted by Gasteiger charge is 2.30. The lowest BCUT2D eigenvalue weighted by molar-refractivity contribution is -0.124. The standard InChI is InChI=1S/C10H19N5O/c1-7(2)8-13-6-15(14-8)5-10(3,12-4)9(11)16/h6-7,12H,5H2,1-4H3,(H2,11,16). The second-order valence-electron chi connectivity index (χ2n) is 4.40. The van der Waals surface area contributed by atoms with Crippen molar-refractivity contribution in [2.24, 2.45) is 5.73 Å². The summed E-state index contributed by atoms with van der Waals surface area (Å²) in [5.74, 6) is 0.634. The zero-order valence-electron chi connectivity index (χ0n) is 10.2. The van der Waals surface area contributed by atoms with Gasteiger partial charge in [0.2, 0.25) is 5.91 Å². The highest BCUT2D eigenvalue weighted by molar-refractivity contribution is 5.84. The van der Waals surface area contributed by atoms with Gasteiger partial charge in [0, 0.05) is 5.92 Å². The van der Waals surface area contributed by atoms with Crippen molar-refractivity contribution in [3.8, 4) is 0 Å². The molecule has 1 aromatic rings. The molecule has 0 radical (unpaired) electrons. The first-order valence-corrected chi connectivity index (χ1v) is 5.27. The zero-order valence-corrected chi connectivity index (χ0v) is 10.2. The number of hydrogen-bond acceptors (Lipinski definition) is 4. The van der Waals surface area contributed by atoms with Crippen LogP contribution in [0.5, 0.6) is 0 Å². The van der Waals surface area contributed by atoms with Crippen molar-refractivity contribution in [1.82, 2.24) is 20.1 Å². The molecule has 0 bridgehead atoms. The fraction of sp³-hybridized carbons (Fsp3) is 0.700. The molecular weight excluding hydrogens is 206 g/mol. The number of carbonyl (C=O) groups is 1. The van der Waals surface area contributed by atoms with E-state index in [1.165, 1.54) is 0 Å². The van der Waals surface area contributed by atoms with Gasteiger partial charge >= 0.3 is 0 Å². The van der Waals surface area contributed by atoms with Crippen molar-refractivity contribution in [2.75, 3.05) is 7.05 Å². The lowest BCUT2D eigenvalue weighted by Crippen LogP contribution is -2.54. The van der Waals surface area contributed by atoms with Gasteiger partial charge in [-0.1, -0.05) is 13.8 Å². The number of likely N-dealkylation sites (N-methyl/N-ethyl adjacent to an activating group) is 1. The Morgan fingerprint density at radius 3 is 2.69 bits per heavy atom. The van der Waals surface area contributed by atoms with Crippen LogP contribution in [-0.4, -0.2) is 33.3 Å². The van der Waals surface area contributed by atoms with Crippen LogP contribution in [0.2, 0.25) is 0 Å². The number of nitrogens with one attached hydrogen (secondary N) is 1. The smallest absolute Gasteiger partial charge is 0.239 e. The summed E-state index contributed by atoms with van der Waals surface area (Å²) in [6.07, 6.45) is 1.62. The molecule has 0 spiro atoms. The van der Waals surface area contributed by atoms with Crippen LogP contribution in [0, 0.1) is 0 Å². The molecule has 0 aromatic carbocycles. The summed E-state index contributed by atoms with van der Waals surface area (Å²) in [6.45, 7) is 6.15. The fourth-order valence-corrected chi connectivity index (χ4v) is 1.25. The Kier molecular flexibility index (Phi) is 3.64. The largest absolute Gasteiger partial charge is 0.368 e. The Hall–Kier alpha value is -1.43. The minimum atomic E-state index is -0.804. The van der Waals surface area contributed by atoms with Crippen LogP contribution >= 0.6 is 0 Å². The average molecular weight is 225 g/mol. The number of aromatic nitrogens is 3. The molecule has 0 aliphatic carbocycles.